The molecule has 4 rings (SSSR count). The van der Waals surface area contributed by atoms with E-state index in [2.05, 4.69) is 0 Å². The third-order valence-corrected chi connectivity index (χ3v) is 7.17. The minimum absolute atomic E-state index is 0.0115. The van der Waals surface area contributed by atoms with Gasteiger partial charge in [-0.3, -0.25) is 18.9 Å². The first-order valence-corrected chi connectivity index (χ1v) is 11.5. The van der Waals surface area contributed by atoms with Gasteiger partial charge in [0, 0.05) is 17.1 Å². The van der Waals surface area contributed by atoms with Gasteiger partial charge in [0.05, 0.1) is 10.5 Å². The van der Waals surface area contributed by atoms with Gasteiger partial charge in [-0.1, -0.05) is 66.9 Å². The van der Waals surface area contributed by atoms with Gasteiger partial charge in [-0.2, -0.15) is 0 Å². The number of thioether (sulfide) groups is 1. The Balaban J connectivity index is 1.85. The Morgan fingerprint density at radius 1 is 1.17 bits per heavy atom. The molecule has 0 radical (unpaired) electrons. The zero-order valence-electron chi connectivity index (χ0n) is 16.4. The molecule has 0 spiro atoms. The lowest BCUT2D eigenvalue weighted by molar-refractivity contribution is -0.123. The second-order valence-corrected chi connectivity index (χ2v) is 9.53. The summed E-state index contributed by atoms with van der Waals surface area (Å²) < 4.78 is 2.02. The van der Waals surface area contributed by atoms with Gasteiger partial charge in [-0.05, 0) is 43.7 Å². The predicted molar refractivity (Wildman–Crippen MR) is 127 cm³/mol. The van der Waals surface area contributed by atoms with Gasteiger partial charge in [0.1, 0.15) is 15.0 Å². The topological polar surface area (TPSA) is 54.7 Å². The van der Waals surface area contributed by atoms with Gasteiger partial charge in [0.15, 0.2) is 0 Å². The molecule has 1 unspecified atom stereocenters. The summed E-state index contributed by atoms with van der Waals surface area (Å²) in [5.74, 6) is -0.160. The second kappa shape index (κ2) is 8.75. The van der Waals surface area contributed by atoms with E-state index in [1.54, 1.807) is 29.3 Å². The van der Waals surface area contributed by atoms with E-state index >= 15 is 0 Å². The van der Waals surface area contributed by atoms with Crippen LogP contribution in [-0.2, 0) is 4.79 Å². The van der Waals surface area contributed by atoms with E-state index < -0.39 is 0 Å². The van der Waals surface area contributed by atoms with Crippen LogP contribution in [0.4, 0.5) is 0 Å². The van der Waals surface area contributed by atoms with Crippen LogP contribution in [0, 0.1) is 0 Å². The molecule has 0 saturated carbocycles. The number of nitrogens with zero attached hydrogens (tertiary/aromatic N) is 3. The minimum atomic E-state index is -0.215. The van der Waals surface area contributed by atoms with Crippen molar-refractivity contribution >= 4 is 57.7 Å². The highest BCUT2D eigenvalue weighted by Crippen LogP contribution is 2.36. The second-order valence-electron chi connectivity index (χ2n) is 6.79. The van der Waals surface area contributed by atoms with E-state index in [0.29, 0.717) is 25.5 Å². The van der Waals surface area contributed by atoms with E-state index in [9.17, 15) is 9.59 Å². The quantitative estimate of drug-likeness (QED) is 0.313. The van der Waals surface area contributed by atoms with Gasteiger partial charge >= 0.3 is 0 Å². The molecular formula is C22H19N3O2S3. The number of hydrogen-bond donors (Lipinski definition) is 0. The fourth-order valence-corrected chi connectivity index (χ4v) is 5.41. The highest BCUT2D eigenvalue weighted by molar-refractivity contribution is 8.26. The average molecular weight is 454 g/mol. The summed E-state index contributed by atoms with van der Waals surface area (Å²) in [5, 5.41) is 0.561. The highest BCUT2D eigenvalue weighted by atomic mass is 32.2. The van der Waals surface area contributed by atoms with Crippen molar-refractivity contribution < 1.29 is 4.79 Å². The van der Waals surface area contributed by atoms with E-state index in [1.165, 1.54) is 27.9 Å². The summed E-state index contributed by atoms with van der Waals surface area (Å²) in [7, 11) is 0. The molecule has 2 aromatic heterocycles. The lowest BCUT2D eigenvalue weighted by atomic mass is 10.2. The third-order valence-electron chi connectivity index (χ3n) is 4.82. The van der Waals surface area contributed by atoms with Crippen LogP contribution in [-0.4, -0.2) is 30.6 Å². The highest BCUT2D eigenvalue weighted by Gasteiger charge is 2.35. The molecule has 0 aliphatic carbocycles. The number of thiocarbonyl (C=S) groups is 1. The van der Waals surface area contributed by atoms with Crippen LogP contribution in [0.25, 0.3) is 11.7 Å². The monoisotopic (exact) mass is 453 g/mol. The summed E-state index contributed by atoms with van der Waals surface area (Å²) >= 11 is 8.06. The van der Waals surface area contributed by atoms with Crippen LogP contribution in [0.15, 0.2) is 74.3 Å². The van der Waals surface area contributed by atoms with Crippen LogP contribution in [0.2, 0.25) is 0 Å². The molecule has 3 heterocycles. The number of fused-ring (bicyclic) bond motifs is 1. The fraction of sp³-hybridized carbons (Fsp3) is 0.182. The molecule has 0 N–H and O–H groups in total. The lowest BCUT2D eigenvalue weighted by Gasteiger charge is -2.21. The van der Waals surface area contributed by atoms with Crippen LogP contribution < -0.4 is 5.56 Å². The van der Waals surface area contributed by atoms with Crippen molar-refractivity contribution in [2.75, 3.05) is 0 Å². The SMILES string of the molecule is CCC(C)N1C(=O)/C(=C\c2c(Sc3ccccc3)nc3ccccn3c2=O)SC1=S. The van der Waals surface area contributed by atoms with Crippen molar-refractivity contribution in [1.29, 1.82) is 0 Å². The standard InChI is InChI=1S/C22H19N3O2S3/c1-3-14(2)25-21(27)17(30-22(25)28)13-16-19(29-15-9-5-4-6-10-15)23-18-11-7-8-12-24(18)20(16)26/h4-14H,3H2,1-2H3/b17-13+. The smallest absolute Gasteiger partial charge is 0.266 e. The average Bonchev–Trinajstić information content (AvgIpc) is 3.04. The Hall–Kier alpha value is -2.42. The maximum Gasteiger partial charge on any atom is 0.266 e. The van der Waals surface area contributed by atoms with Crippen LogP contribution in [0.5, 0.6) is 0 Å². The van der Waals surface area contributed by atoms with E-state index in [4.69, 9.17) is 17.2 Å². The molecule has 3 aromatic rings. The minimum Gasteiger partial charge on any atom is -0.290 e. The van der Waals surface area contributed by atoms with Crippen molar-refractivity contribution in [3.63, 3.8) is 0 Å². The number of carbonyl (C=O) groups excluding carboxylic acids is 1. The third kappa shape index (κ3) is 3.95. The normalized spacial score (nSPS) is 16.6. The molecule has 1 saturated heterocycles. The van der Waals surface area contributed by atoms with Gasteiger partial charge in [0.2, 0.25) is 0 Å². The van der Waals surface area contributed by atoms with Gasteiger partial charge < -0.3 is 0 Å². The summed E-state index contributed by atoms with van der Waals surface area (Å²) in [4.78, 5) is 34.0. The maximum atomic E-state index is 13.3. The van der Waals surface area contributed by atoms with Gasteiger partial charge in [0.25, 0.3) is 11.5 Å². The molecule has 1 aliphatic rings. The lowest BCUT2D eigenvalue weighted by Crippen LogP contribution is -2.36. The Kier molecular flexibility index (Phi) is 6.08. The molecule has 1 aliphatic heterocycles. The maximum absolute atomic E-state index is 13.3. The summed E-state index contributed by atoms with van der Waals surface area (Å²) in [6, 6.07) is 15.2. The van der Waals surface area contributed by atoms with Crippen molar-refractivity contribution in [1.82, 2.24) is 14.3 Å². The Morgan fingerprint density at radius 2 is 1.90 bits per heavy atom. The Bertz CT molecular complexity index is 1220. The molecule has 5 nitrogen and oxygen atoms in total. The molecule has 1 fully saturated rings. The van der Waals surface area contributed by atoms with E-state index in [-0.39, 0.29) is 17.5 Å². The van der Waals surface area contributed by atoms with Crippen LogP contribution in [0.3, 0.4) is 0 Å². The predicted octanol–water partition coefficient (Wildman–Crippen LogP) is 4.85. The zero-order chi connectivity index (χ0) is 21.3. The molecule has 0 bridgehead atoms. The number of rotatable bonds is 5. The number of pyridine rings is 1. The van der Waals surface area contributed by atoms with Crippen LogP contribution in [0.1, 0.15) is 25.8 Å². The van der Waals surface area contributed by atoms with Crippen LogP contribution >= 0.6 is 35.7 Å². The summed E-state index contributed by atoms with van der Waals surface area (Å²) in [6.07, 6.45) is 4.13. The number of benzene rings is 1. The number of aromatic nitrogens is 2. The number of amides is 1. The first-order valence-electron chi connectivity index (χ1n) is 9.51. The van der Waals surface area contributed by atoms with Gasteiger partial charge in [-0.25, -0.2) is 4.98 Å². The first kappa shape index (κ1) is 20.8. The van der Waals surface area contributed by atoms with E-state index in [1.807, 2.05) is 50.2 Å². The van der Waals surface area contributed by atoms with E-state index in [0.717, 1.165) is 11.3 Å². The molecule has 1 amide bonds. The van der Waals surface area contributed by atoms with Crippen molar-refractivity contribution in [2.45, 2.75) is 36.2 Å². The first-order chi connectivity index (χ1) is 14.5. The molecule has 30 heavy (non-hydrogen) atoms. The number of carbonyl (C=O) groups is 1. The van der Waals surface area contributed by atoms with Crippen molar-refractivity contribution in [2.24, 2.45) is 0 Å². The number of hydrogen-bond acceptors (Lipinski definition) is 6. The van der Waals surface area contributed by atoms with Crippen molar-refractivity contribution in [3.8, 4) is 0 Å². The molecule has 1 aromatic carbocycles. The Labute approximate surface area is 188 Å². The van der Waals surface area contributed by atoms with Gasteiger partial charge in [-0.15, -0.1) is 0 Å². The summed E-state index contributed by atoms with van der Waals surface area (Å²) in [6.45, 7) is 3.98. The molecule has 1 atom stereocenters. The molecule has 152 valence electrons. The largest absolute Gasteiger partial charge is 0.290 e. The Morgan fingerprint density at radius 3 is 2.63 bits per heavy atom. The molecular weight excluding hydrogens is 434 g/mol. The fourth-order valence-electron chi connectivity index (χ4n) is 3.06. The zero-order valence-corrected chi connectivity index (χ0v) is 18.9. The van der Waals surface area contributed by atoms with Crippen molar-refractivity contribution in [3.05, 3.63) is 75.6 Å². The molecule has 8 heteroatoms. The summed E-state index contributed by atoms with van der Waals surface area (Å²) in [5.41, 5.74) is 0.732.